The van der Waals surface area contributed by atoms with Gasteiger partial charge in [-0.05, 0) is 24.1 Å². The summed E-state index contributed by atoms with van der Waals surface area (Å²) in [5.41, 5.74) is 0.836. The molecule has 1 unspecified atom stereocenters. The summed E-state index contributed by atoms with van der Waals surface area (Å²) in [7, 11) is 3.31. The molecule has 0 saturated carbocycles. The Labute approximate surface area is 132 Å². The van der Waals surface area contributed by atoms with Crippen molar-refractivity contribution < 1.29 is 9.59 Å². The molecule has 0 radical (unpaired) electrons. The zero-order chi connectivity index (χ0) is 15.4. The van der Waals surface area contributed by atoms with Crippen LogP contribution in [0.2, 0.25) is 5.02 Å². The highest BCUT2D eigenvalue weighted by Gasteiger charge is 2.21. The van der Waals surface area contributed by atoms with Crippen molar-refractivity contribution >= 4 is 45.0 Å². The summed E-state index contributed by atoms with van der Waals surface area (Å²) in [6.45, 7) is 3.87. The number of benzene rings is 1. The maximum atomic E-state index is 12.1. The molecule has 1 aromatic carbocycles. The van der Waals surface area contributed by atoms with Crippen LogP contribution in [0.5, 0.6) is 0 Å². The summed E-state index contributed by atoms with van der Waals surface area (Å²) >= 11 is 9.27. The number of hydrogen-bond acceptors (Lipinski definition) is 2. The van der Waals surface area contributed by atoms with Gasteiger partial charge in [-0.3, -0.25) is 9.59 Å². The van der Waals surface area contributed by atoms with E-state index in [2.05, 4.69) is 21.2 Å². The lowest BCUT2D eigenvalue weighted by Gasteiger charge is -2.18. The summed E-state index contributed by atoms with van der Waals surface area (Å²) < 4.78 is 0. The standard InChI is InChI=1S/C14H18BrClN2O2/c1-8(2)12(15)13(19)17-11-7-9(16)5-6-10(11)14(20)18(3)4/h5-8,12H,1-4H3,(H,17,19). The Bertz CT molecular complexity index is 518. The molecule has 20 heavy (non-hydrogen) atoms. The molecule has 0 aliphatic heterocycles. The third kappa shape index (κ3) is 4.21. The number of hydrogen-bond donors (Lipinski definition) is 1. The van der Waals surface area contributed by atoms with Gasteiger partial charge >= 0.3 is 0 Å². The molecule has 0 heterocycles. The average molecular weight is 362 g/mol. The molecule has 1 rings (SSSR count). The van der Waals surface area contributed by atoms with Crippen LogP contribution < -0.4 is 5.32 Å². The van der Waals surface area contributed by atoms with Gasteiger partial charge in [0.2, 0.25) is 5.91 Å². The molecule has 6 heteroatoms. The van der Waals surface area contributed by atoms with Crippen LogP contribution in [-0.2, 0) is 4.79 Å². The van der Waals surface area contributed by atoms with E-state index >= 15 is 0 Å². The number of nitrogens with one attached hydrogen (secondary N) is 1. The highest BCUT2D eigenvalue weighted by atomic mass is 79.9. The maximum absolute atomic E-state index is 12.1. The van der Waals surface area contributed by atoms with E-state index < -0.39 is 0 Å². The van der Waals surface area contributed by atoms with Crippen LogP contribution in [0.4, 0.5) is 5.69 Å². The predicted molar refractivity (Wildman–Crippen MR) is 85.7 cm³/mol. The molecule has 2 amide bonds. The van der Waals surface area contributed by atoms with E-state index in [1.165, 1.54) is 4.90 Å². The molecule has 1 N–H and O–H groups in total. The van der Waals surface area contributed by atoms with Gasteiger partial charge in [-0.2, -0.15) is 0 Å². The number of rotatable bonds is 4. The van der Waals surface area contributed by atoms with Crippen molar-refractivity contribution in [1.29, 1.82) is 0 Å². The SMILES string of the molecule is CC(C)C(Br)C(=O)Nc1cc(Cl)ccc1C(=O)N(C)C. The van der Waals surface area contributed by atoms with Gasteiger partial charge in [-0.25, -0.2) is 0 Å². The molecule has 1 aromatic rings. The Balaban J connectivity index is 3.07. The van der Waals surface area contributed by atoms with Crippen LogP contribution in [0.3, 0.4) is 0 Å². The Morgan fingerprint density at radius 1 is 1.30 bits per heavy atom. The lowest BCUT2D eigenvalue weighted by molar-refractivity contribution is -0.116. The van der Waals surface area contributed by atoms with Crippen LogP contribution in [0.15, 0.2) is 18.2 Å². The first-order valence-electron chi connectivity index (χ1n) is 6.20. The minimum atomic E-state index is -0.330. The molecule has 0 bridgehead atoms. The fourth-order valence-electron chi connectivity index (χ4n) is 1.55. The van der Waals surface area contributed by atoms with E-state index in [1.807, 2.05) is 13.8 Å². The van der Waals surface area contributed by atoms with Crippen LogP contribution in [0.1, 0.15) is 24.2 Å². The molecule has 4 nitrogen and oxygen atoms in total. The second kappa shape index (κ2) is 7.09. The number of anilines is 1. The lowest BCUT2D eigenvalue weighted by Crippen LogP contribution is -2.29. The predicted octanol–water partition coefficient (Wildman–Crippen LogP) is 3.40. The van der Waals surface area contributed by atoms with E-state index in [0.717, 1.165) is 0 Å². The van der Waals surface area contributed by atoms with Gasteiger partial charge < -0.3 is 10.2 Å². The second-order valence-electron chi connectivity index (χ2n) is 5.02. The van der Waals surface area contributed by atoms with Crippen LogP contribution >= 0.6 is 27.5 Å². The topological polar surface area (TPSA) is 49.4 Å². The largest absolute Gasteiger partial charge is 0.345 e. The van der Waals surface area contributed by atoms with Gasteiger partial charge in [0.15, 0.2) is 0 Å². The minimum absolute atomic E-state index is 0.141. The smallest absolute Gasteiger partial charge is 0.255 e. The first-order chi connectivity index (χ1) is 9.23. The first-order valence-corrected chi connectivity index (χ1v) is 7.49. The zero-order valence-electron chi connectivity index (χ0n) is 11.9. The van der Waals surface area contributed by atoms with E-state index in [9.17, 15) is 9.59 Å². The summed E-state index contributed by atoms with van der Waals surface area (Å²) in [5, 5.41) is 3.21. The van der Waals surface area contributed by atoms with Gasteiger partial charge in [0, 0.05) is 19.1 Å². The van der Waals surface area contributed by atoms with Gasteiger partial charge in [-0.15, -0.1) is 0 Å². The molecular formula is C14H18BrClN2O2. The molecule has 0 fully saturated rings. The molecule has 110 valence electrons. The molecule has 0 saturated heterocycles. The molecule has 0 spiro atoms. The van der Waals surface area contributed by atoms with Crippen LogP contribution in [-0.4, -0.2) is 35.6 Å². The monoisotopic (exact) mass is 360 g/mol. The van der Waals surface area contributed by atoms with Crippen LogP contribution in [0.25, 0.3) is 0 Å². The van der Waals surface area contributed by atoms with E-state index in [1.54, 1.807) is 32.3 Å². The number of carbonyl (C=O) groups is 2. The molecule has 1 atom stereocenters. The Morgan fingerprint density at radius 3 is 2.40 bits per heavy atom. The van der Waals surface area contributed by atoms with E-state index in [-0.39, 0.29) is 22.6 Å². The molecule has 0 aromatic heterocycles. The minimum Gasteiger partial charge on any atom is -0.345 e. The fraction of sp³-hybridized carbons (Fsp3) is 0.429. The van der Waals surface area contributed by atoms with Crippen molar-refractivity contribution in [3.05, 3.63) is 28.8 Å². The summed E-state index contributed by atoms with van der Waals surface area (Å²) in [5.74, 6) is -0.245. The van der Waals surface area contributed by atoms with Gasteiger partial charge in [0.1, 0.15) is 0 Å². The maximum Gasteiger partial charge on any atom is 0.255 e. The number of carbonyl (C=O) groups excluding carboxylic acids is 2. The number of alkyl halides is 1. The summed E-state index contributed by atoms with van der Waals surface area (Å²) in [6.07, 6.45) is 0. The third-order valence-electron chi connectivity index (χ3n) is 2.71. The molecule has 0 aliphatic rings. The number of halogens is 2. The van der Waals surface area contributed by atoms with Crippen molar-refractivity contribution in [2.45, 2.75) is 18.7 Å². The Hall–Kier alpha value is -1.07. The summed E-state index contributed by atoms with van der Waals surface area (Å²) in [4.78, 5) is 25.3. The van der Waals surface area contributed by atoms with E-state index in [0.29, 0.717) is 16.3 Å². The van der Waals surface area contributed by atoms with Crippen molar-refractivity contribution in [3.63, 3.8) is 0 Å². The quantitative estimate of drug-likeness (QED) is 0.836. The Kier molecular flexibility index (Phi) is 6.02. The molecule has 0 aliphatic carbocycles. The third-order valence-corrected chi connectivity index (χ3v) is 4.42. The van der Waals surface area contributed by atoms with Gasteiger partial charge in [0.25, 0.3) is 5.91 Å². The number of amides is 2. The average Bonchev–Trinajstić information content (AvgIpc) is 2.36. The van der Waals surface area contributed by atoms with Crippen molar-refractivity contribution in [1.82, 2.24) is 4.90 Å². The highest BCUT2D eigenvalue weighted by Crippen LogP contribution is 2.24. The summed E-state index contributed by atoms with van der Waals surface area (Å²) in [6, 6.07) is 4.82. The van der Waals surface area contributed by atoms with Gasteiger partial charge in [0.05, 0.1) is 16.1 Å². The van der Waals surface area contributed by atoms with E-state index in [4.69, 9.17) is 11.6 Å². The molecular weight excluding hydrogens is 344 g/mol. The zero-order valence-corrected chi connectivity index (χ0v) is 14.2. The van der Waals surface area contributed by atoms with Crippen molar-refractivity contribution in [3.8, 4) is 0 Å². The Morgan fingerprint density at radius 2 is 1.90 bits per heavy atom. The highest BCUT2D eigenvalue weighted by molar-refractivity contribution is 9.10. The van der Waals surface area contributed by atoms with Crippen molar-refractivity contribution in [2.24, 2.45) is 5.92 Å². The normalized spacial score (nSPS) is 12.2. The fourth-order valence-corrected chi connectivity index (χ4v) is 1.84. The second-order valence-corrected chi connectivity index (χ2v) is 6.45. The lowest BCUT2D eigenvalue weighted by atomic mass is 10.1. The van der Waals surface area contributed by atoms with Crippen molar-refractivity contribution in [2.75, 3.05) is 19.4 Å². The first kappa shape index (κ1) is 17.0. The van der Waals surface area contributed by atoms with Gasteiger partial charge in [-0.1, -0.05) is 41.4 Å². The number of nitrogens with zero attached hydrogens (tertiary/aromatic N) is 1. The van der Waals surface area contributed by atoms with Crippen LogP contribution in [0, 0.1) is 5.92 Å².